The summed E-state index contributed by atoms with van der Waals surface area (Å²) in [6.07, 6.45) is 0.364. The molecule has 2 rings (SSSR count). The zero-order chi connectivity index (χ0) is 20.7. The fourth-order valence-corrected chi connectivity index (χ4v) is 3.13. The number of hydrogen-bond acceptors (Lipinski definition) is 5. The highest BCUT2D eigenvalue weighted by Gasteiger charge is 2.20. The third-order valence-electron chi connectivity index (χ3n) is 4.63. The average molecular weight is 419 g/mol. The van der Waals surface area contributed by atoms with Crippen molar-refractivity contribution in [1.82, 2.24) is 10.6 Å². The minimum absolute atomic E-state index is 0.0210. The standard InChI is InChI=1S/C19H26ClF3N4O/c1-11(13-3-2-4-14(17(13)21)18(22)23)27-15(9-16(20)24)19(25)26-10-12-5-7-28-8-6-12/h2-4,9,11-12,18,26-27H,5-8,10,24-25H2,1H3/b16-9-,19-15-/t11-/m1/s1. The Bertz CT molecular complexity index is 717. The Kier molecular flexibility index (Phi) is 8.32. The molecule has 1 aromatic rings. The lowest BCUT2D eigenvalue weighted by Crippen LogP contribution is -2.33. The second kappa shape index (κ2) is 10.5. The number of allylic oxidation sites excluding steroid dienone is 1. The Morgan fingerprint density at radius 1 is 1.29 bits per heavy atom. The van der Waals surface area contributed by atoms with Crippen LogP contribution in [-0.4, -0.2) is 19.8 Å². The largest absolute Gasteiger partial charge is 0.389 e. The molecule has 0 radical (unpaired) electrons. The lowest BCUT2D eigenvalue weighted by atomic mass is 10.0. The van der Waals surface area contributed by atoms with Gasteiger partial charge in [0, 0.05) is 25.3 Å². The van der Waals surface area contributed by atoms with Crippen molar-refractivity contribution in [2.24, 2.45) is 17.4 Å². The molecule has 0 bridgehead atoms. The van der Waals surface area contributed by atoms with Crippen LogP contribution in [0.4, 0.5) is 13.2 Å². The fraction of sp³-hybridized carbons (Fsp3) is 0.474. The van der Waals surface area contributed by atoms with E-state index >= 15 is 0 Å². The van der Waals surface area contributed by atoms with E-state index in [4.69, 9.17) is 27.8 Å². The van der Waals surface area contributed by atoms with Crippen molar-refractivity contribution in [2.75, 3.05) is 19.8 Å². The van der Waals surface area contributed by atoms with Crippen molar-refractivity contribution in [3.8, 4) is 0 Å². The van der Waals surface area contributed by atoms with Crippen molar-refractivity contribution in [3.63, 3.8) is 0 Å². The first-order valence-corrected chi connectivity index (χ1v) is 9.44. The molecule has 5 nitrogen and oxygen atoms in total. The van der Waals surface area contributed by atoms with Crippen LogP contribution < -0.4 is 22.1 Å². The molecule has 156 valence electrons. The summed E-state index contributed by atoms with van der Waals surface area (Å²) >= 11 is 5.78. The van der Waals surface area contributed by atoms with Gasteiger partial charge in [0.15, 0.2) is 0 Å². The van der Waals surface area contributed by atoms with Gasteiger partial charge < -0.3 is 26.8 Å². The highest BCUT2D eigenvalue weighted by atomic mass is 35.5. The Morgan fingerprint density at radius 2 is 1.93 bits per heavy atom. The Balaban J connectivity index is 2.16. The predicted octanol–water partition coefficient (Wildman–Crippen LogP) is 3.60. The van der Waals surface area contributed by atoms with Crippen LogP contribution in [0.1, 0.15) is 43.4 Å². The molecule has 1 aliphatic rings. The van der Waals surface area contributed by atoms with Crippen LogP contribution in [0.15, 0.2) is 40.9 Å². The highest BCUT2D eigenvalue weighted by molar-refractivity contribution is 6.29. The molecule has 1 aromatic carbocycles. The predicted molar refractivity (Wildman–Crippen MR) is 104 cm³/mol. The lowest BCUT2D eigenvalue weighted by molar-refractivity contribution is 0.0669. The van der Waals surface area contributed by atoms with Gasteiger partial charge in [-0.05, 0) is 31.8 Å². The van der Waals surface area contributed by atoms with Gasteiger partial charge >= 0.3 is 0 Å². The topological polar surface area (TPSA) is 85.3 Å². The normalized spacial score (nSPS) is 18.0. The molecule has 0 amide bonds. The molecule has 1 saturated heterocycles. The van der Waals surface area contributed by atoms with E-state index in [2.05, 4.69) is 10.6 Å². The van der Waals surface area contributed by atoms with Gasteiger partial charge in [0.25, 0.3) is 6.43 Å². The number of ether oxygens (including phenoxy) is 1. The fourth-order valence-electron chi connectivity index (χ4n) is 3.02. The van der Waals surface area contributed by atoms with Crippen LogP contribution in [-0.2, 0) is 4.74 Å². The monoisotopic (exact) mass is 418 g/mol. The Morgan fingerprint density at radius 3 is 2.54 bits per heavy atom. The summed E-state index contributed by atoms with van der Waals surface area (Å²) in [6.45, 7) is 3.70. The third kappa shape index (κ3) is 6.24. The van der Waals surface area contributed by atoms with E-state index < -0.39 is 23.8 Å². The smallest absolute Gasteiger partial charge is 0.266 e. The minimum Gasteiger partial charge on any atom is -0.389 e. The maximum atomic E-state index is 14.4. The second-order valence-electron chi connectivity index (χ2n) is 6.71. The van der Waals surface area contributed by atoms with Crippen LogP contribution in [0.2, 0.25) is 0 Å². The van der Waals surface area contributed by atoms with E-state index in [1.165, 1.54) is 18.2 Å². The molecular formula is C19H26ClF3N4O. The number of benzene rings is 1. The van der Waals surface area contributed by atoms with E-state index in [1.54, 1.807) is 6.92 Å². The number of nitrogens with one attached hydrogen (secondary N) is 2. The number of nitrogens with two attached hydrogens (primary N) is 2. The van der Waals surface area contributed by atoms with Gasteiger partial charge in [-0.3, -0.25) is 0 Å². The first-order chi connectivity index (χ1) is 13.3. The average Bonchev–Trinajstić information content (AvgIpc) is 2.65. The summed E-state index contributed by atoms with van der Waals surface area (Å²) in [4.78, 5) is 0. The summed E-state index contributed by atoms with van der Waals surface area (Å²) in [5.41, 5.74) is 11.5. The summed E-state index contributed by atoms with van der Waals surface area (Å²) in [5.74, 6) is -0.246. The van der Waals surface area contributed by atoms with E-state index in [0.717, 1.165) is 18.9 Å². The first-order valence-electron chi connectivity index (χ1n) is 9.06. The molecule has 0 unspecified atom stereocenters. The van der Waals surface area contributed by atoms with Crippen molar-refractivity contribution in [3.05, 3.63) is 57.9 Å². The summed E-state index contributed by atoms with van der Waals surface area (Å²) in [5, 5.41) is 6.11. The van der Waals surface area contributed by atoms with E-state index in [1.807, 2.05) is 0 Å². The molecule has 0 aromatic heterocycles. The van der Waals surface area contributed by atoms with Gasteiger partial charge in [-0.2, -0.15) is 0 Å². The molecule has 28 heavy (non-hydrogen) atoms. The zero-order valence-corrected chi connectivity index (χ0v) is 16.4. The van der Waals surface area contributed by atoms with E-state index in [0.29, 0.717) is 31.4 Å². The SMILES string of the molecule is C[C@@H](NC(/C=C(\N)Cl)=C(/N)NCC1CCOCC1)c1cccc(C(F)F)c1F. The molecule has 9 heteroatoms. The van der Waals surface area contributed by atoms with Gasteiger partial charge in [-0.1, -0.05) is 29.8 Å². The van der Waals surface area contributed by atoms with Gasteiger partial charge in [0.1, 0.15) is 16.8 Å². The number of hydrogen-bond donors (Lipinski definition) is 4. The van der Waals surface area contributed by atoms with Crippen LogP contribution in [0.25, 0.3) is 0 Å². The summed E-state index contributed by atoms with van der Waals surface area (Å²) in [6, 6.07) is 3.24. The minimum atomic E-state index is -2.90. The molecule has 6 N–H and O–H groups in total. The van der Waals surface area contributed by atoms with Gasteiger partial charge in [-0.15, -0.1) is 0 Å². The van der Waals surface area contributed by atoms with Crippen molar-refractivity contribution >= 4 is 11.6 Å². The molecule has 1 fully saturated rings. The molecule has 0 spiro atoms. The van der Waals surface area contributed by atoms with Gasteiger partial charge in [-0.25, -0.2) is 13.2 Å². The van der Waals surface area contributed by atoms with Crippen LogP contribution in [0, 0.1) is 11.7 Å². The van der Waals surface area contributed by atoms with Crippen molar-refractivity contribution < 1.29 is 17.9 Å². The lowest BCUT2D eigenvalue weighted by Gasteiger charge is -2.24. The van der Waals surface area contributed by atoms with Crippen molar-refractivity contribution in [1.29, 1.82) is 0 Å². The van der Waals surface area contributed by atoms with Crippen molar-refractivity contribution in [2.45, 2.75) is 32.2 Å². The molecule has 1 atom stereocenters. The van der Waals surface area contributed by atoms with Crippen LogP contribution in [0.3, 0.4) is 0 Å². The summed E-state index contributed by atoms with van der Waals surface area (Å²) in [7, 11) is 0. The highest BCUT2D eigenvalue weighted by Crippen LogP contribution is 2.27. The number of halogens is 4. The quantitative estimate of drug-likeness (QED) is 0.383. The van der Waals surface area contributed by atoms with E-state index in [-0.39, 0.29) is 16.5 Å². The van der Waals surface area contributed by atoms with Crippen LogP contribution in [0.5, 0.6) is 0 Å². The maximum Gasteiger partial charge on any atom is 0.266 e. The van der Waals surface area contributed by atoms with Crippen LogP contribution >= 0.6 is 11.6 Å². The Labute approximate surface area is 167 Å². The second-order valence-corrected chi connectivity index (χ2v) is 7.15. The molecular weight excluding hydrogens is 393 g/mol. The zero-order valence-electron chi connectivity index (χ0n) is 15.7. The molecule has 0 saturated carbocycles. The third-order valence-corrected chi connectivity index (χ3v) is 4.74. The Hall–Kier alpha value is -2.06. The number of alkyl halides is 2. The molecule has 1 heterocycles. The van der Waals surface area contributed by atoms with Gasteiger partial charge in [0.2, 0.25) is 0 Å². The number of rotatable bonds is 8. The summed E-state index contributed by atoms with van der Waals surface area (Å²) < 4.78 is 45.7. The van der Waals surface area contributed by atoms with E-state index in [9.17, 15) is 13.2 Å². The maximum absolute atomic E-state index is 14.4. The van der Waals surface area contributed by atoms with Gasteiger partial charge in [0.05, 0.1) is 17.3 Å². The first kappa shape index (κ1) is 22.2. The molecule has 1 aliphatic heterocycles. The molecule has 0 aliphatic carbocycles.